The Balaban J connectivity index is 1.85. The minimum atomic E-state index is 0.609. The highest BCUT2D eigenvalue weighted by molar-refractivity contribution is 5.80. The molecule has 0 fully saturated rings. The molecule has 0 spiro atoms. The normalized spacial score (nSPS) is 13.3. The van der Waals surface area contributed by atoms with Crippen LogP contribution in [0.5, 0.6) is 0 Å². The number of para-hydroxylation sites is 1. The summed E-state index contributed by atoms with van der Waals surface area (Å²) in [5.74, 6) is 0.609. The van der Waals surface area contributed by atoms with Gasteiger partial charge in [-0.05, 0) is 50.5 Å². The molecule has 0 saturated carbocycles. The van der Waals surface area contributed by atoms with E-state index in [1.54, 1.807) is 0 Å². The molecular formula is C16H24N2O. The Hall–Kier alpha value is -1.32. The van der Waals surface area contributed by atoms with Gasteiger partial charge in [-0.2, -0.15) is 0 Å². The zero-order chi connectivity index (χ0) is 13.7. The molecule has 3 heteroatoms. The minimum Gasteiger partial charge on any atom is -0.464 e. The molecule has 1 aromatic heterocycles. The molecular weight excluding hydrogens is 236 g/mol. The maximum Gasteiger partial charge on any atom is 0.134 e. The first-order valence-corrected chi connectivity index (χ1v) is 7.04. The number of rotatable bonds is 7. The van der Waals surface area contributed by atoms with Crippen molar-refractivity contribution in [1.29, 1.82) is 0 Å². The topological polar surface area (TPSA) is 42.4 Å². The first-order valence-electron chi connectivity index (χ1n) is 7.04. The number of hydrogen-bond acceptors (Lipinski definition) is 3. The smallest absolute Gasteiger partial charge is 0.134 e. The zero-order valence-electron chi connectivity index (χ0n) is 11.9. The molecule has 2 rings (SSSR count). The van der Waals surface area contributed by atoms with E-state index in [1.807, 2.05) is 18.4 Å². The maximum atomic E-state index is 5.64. The van der Waals surface area contributed by atoms with Crippen LogP contribution in [0, 0.1) is 5.92 Å². The van der Waals surface area contributed by atoms with Crippen LogP contribution in [-0.2, 0) is 6.42 Å². The number of nitrogens with zero attached hydrogens (tertiary/aromatic N) is 1. The summed E-state index contributed by atoms with van der Waals surface area (Å²) in [6.07, 6.45) is 4.09. The van der Waals surface area contributed by atoms with Crippen molar-refractivity contribution in [1.82, 2.24) is 4.90 Å². The fourth-order valence-corrected chi connectivity index (χ4v) is 2.21. The number of fused-ring (bicyclic) bond motifs is 1. The lowest BCUT2D eigenvalue weighted by Crippen LogP contribution is -2.25. The van der Waals surface area contributed by atoms with Crippen molar-refractivity contribution >= 4 is 11.0 Å². The molecule has 0 aliphatic rings. The molecule has 0 aliphatic heterocycles. The van der Waals surface area contributed by atoms with Crippen molar-refractivity contribution in [3.63, 3.8) is 0 Å². The van der Waals surface area contributed by atoms with E-state index in [0.29, 0.717) is 5.92 Å². The Morgan fingerprint density at radius 1 is 1.26 bits per heavy atom. The van der Waals surface area contributed by atoms with E-state index in [9.17, 15) is 0 Å². The number of benzene rings is 1. The van der Waals surface area contributed by atoms with Crippen molar-refractivity contribution in [2.75, 3.05) is 26.7 Å². The molecule has 0 bridgehead atoms. The van der Waals surface area contributed by atoms with Gasteiger partial charge >= 0.3 is 0 Å². The first-order chi connectivity index (χ1) is 9.20. The summed E-state index contributed by atoms with van der Waals surface area (Å²) in [6.45, 7) is 5.15. The molecule has 1 atom stereocenters. The van der Waals surface area contributed by atoms with Crippen LogP contribution < -0.4 is 5.73 Å². The van der Waals surface area contributed by atoms with E-state index >= 15 is 0 Å². The quantitative estimate of drug-likeness (QED) is 0.832. The monoisotopic (exact) mass is 260 g/mol. The number of hydrogen-bond donors (Lipinski definition) is 1. The van der Waals surface area contributed by atoms with Gasteiger partial charge in [-0.1, -0.05) is 25.1 Å². The molecule has 0 aliphatic carbocycles. The lowest BCUT2D eigenvalue weighted by atomic mass is 10.1. The molecule has 0 radical (unpaired) electrons. The molecule has 1 aromatic carbocycles. The number of nitrogens with two attached hydrogens (primary N) is 1. The van der Waals surface area contributed by atoms with Crippen LogP contribution in [0.25, 0.3) is 11.0 Å². The summed E-state index contributed by atoms with van der Waals surface area (Å²) in [4.78, 5) is 2.37. The first kappa shape index (κ1) is 14.1. The largest absolute Gasteiger partial charge is 0.464 e. The third kappa shape index (κ3) is 3.82. The standard InChI is InChI=1S/C16H24N2O/c1-13(11-17)7-9-18(2)10-8-14-12-19-16-6-4-3-5-15(14)16/h3-6,12-13H,7-11,17H2,1-2H3. The fourth-order valence-electron chi connectivity index (χ4n) is 2.21. The zero-order valence-corrected chi connectivity index (χ0v) is 11.9. The third-order valence-corrected chi connectivity index (χ3v) is 3.73. The van der Waals surface area contributed by atoms with Crippen molar-refractivity contribution in [3.8, 4) is 0 Å². The van der Waals surface area contributed by atoms with E-state index in [2.05, 4.69) is 31.0 Å². The predicted octanol–water partition coefficient (Wildman–Crippen LogP) is 2.89. The highest BCUT2D eigenvalue weighted by atomic mass is 16.3. The van der Waals surface area contributed by atoms with Gasteiger partial charge in [0, 0.05) is 11.9 Å². The number of likely N-dealkylation sites (N-methyl/N-ethyl adjacent to an activating group) is 1. The van der Waals surface area contributed by atoms with Gasteiger partial charge in [0.2, 0.25) is 0 Å². The second kappa shape index (κ2) is 6.73. The Bertz CT molecular complexity index is 506. The summed E-state index contributed by atoms with van der Waals surface area (Å²) in [5, 5.41) is 1.24. The van der Waals surface area contributed by atoms with E-state index in [4.69, 9.17) is 10.2 Å². The molecule has 0 amide bonds. The second-order valence-electron chi connectivity index (χ2n) is 5.44. The summed E-state index contributed by atoms with van der Waals surface area (Å²) in [6, 6.07) is 8.22. The van der Waals surface area contributed by atoms with E-state index in [0.717, 1.165) is 31.6 Å². The lowest BCUT2D eigenvalue weighted by molar-refractivity contribution is 0.310. The maximum absolute atomic E-state index is 5.64. The summed E-state index contributed by atoms with van der Waals surface area (Å²) in [7, 11) is 2.17. The molecule has 2 aromatic rings. The van der Waals surface area contributed by atoms with E-state index in [-0.39, 0.29) is 0 Å². The Morgan fingerprint density at radius 3 is 2.84 bits per heavy atom. The van der Waals surface area contributed by atoms with Crippen LogP contribution >= 0.6 is 0 Å². The molecule has 0 saturated heterocycles. The average molecular weight is 260 g/mol. The summed E-state index contributed by atoms with van der Waals surface area (Å²) < 4.78 is 5.56. The molecule has 2 N–H and O–H groups in total. The van der Waals surface area contributed by atoms with Gasteiger partial charge in [-0.3, -0.25) is 0 Å². The van der Waals surface area contributed by atoms with Crippen LogP contribution in [0.15, 0.2) is 34.9 Å². The van der Waals surface area contributed by atoms with Crippen LogP contribution in [0.1, 0.15) is 18.9 Å². The van der Waals surface area contributed by atoms with Gasteiger partial charge in [0.25, 0.3) is 0 Å². The Kier molecular flexibility index (Phi) is 5.00. The lowest BCUT2D eigenvalue weighted by Gasteiger charge is -2.18. The molecule has 1 unspecified atom stereocenters. The second-order valence-corrected chi connectivity index (χ2v) is 5.44. The van der Waals surface area contributed by atoms with Gasteiger partial charge in [-0.25, -0.2) is 0 Å². The highest BCUT2D eigenvalue weighted by Gasteiger charge is 2.07. The number of furan rings is 1. The van der Waals surface area contributed by atoms with Crippen LogP contribution in [0.4, 0.5) is 0 Å². The highest BCUT2D eigenvalue weighted by Crippen LogP contribution is 2.21. The molecule has 3 nitrogen and oxygen atoms in total. The third-order valence-electron chi connectivity index (χ3n) is 3.73. The SMILES string of the molecule is CC(CN)CCN(C)CCc1coc2ccccc12. The average Bonchev–Trinajstić information content (AvgIpc) is 2.85. The van der Waals surface area contributed by atoms with Gasteiger partial charge < -0.3 is 15.1 Å². The fraction of sp³-hybridized carbons (Fsp3) is 0.500. The van der Waals surface area contributed by atoms with Crippen LogP contribution in [0.2, 0.25) is 0 Å². The van der Waals surface area contributed by atoms with Crippen LogP contribution in [0.3, 0.4) is 0 Å². The van der Waals surface area contributed by atoms with Crippen molar-refractivity contribution in [2.45, 2.75) is 19.8 Å². The molecule has 19 heavy (non-hydrogen) atoms. The summed E-state index contributed by atoms with van der Waals surface area (Å²) in [5.41, 5.74) is 7.92. The summed E-state index contributed by atoms with van der Waals surface area (Å²) >= 11 is 0. The molecule has 1 heterocycles. The van der Waals surface area contributed by atoms with E-state index in [1.165, 1.54) is 17.4 Å². The van der Waals surface area contributed by atoms with Gasteiger partial charge in [0.15, 0.2) is 0 Å². The van der Waals surface area contributed by atoms with Gasteiger partial charge in [-0.15, -0.1) is 0 Å². The van der Waals surface area contributed by atoms with Gasteiger partial charge in [0.05, 0.1) is 6.26 Å². The van der Waals surface area contributed by atoms with Crippen molar-refractivity contribution in [2.24, 2.45) is 11.7 Å². The molecule has 104 valence electrons. The minimum absolute atomic E-state index is 0.609. The van der Waals surface area contributed by atoms with Crippen LogP contribution in [-0.4, -0.2) is 31.6 Å². The van der Waals surface area contributed by atoms with Crippen molar-refractivity contribution in [3.05, 3.63) is 36.1 Å². The van der Waals surface area contributed by atoms with E-state index < -0.39 is 0 Å². The Labute approximate surface area is 115 Å². The Morgan fingerprint density at radius 2 is 2.05 bits per heavy atom. The van der Waals surface area contributed by atoms with Crippen molar-refractivity contribution < 1.29 is 4.42 Å². The van der Waals surface area contributed by atoms with Gasteiger partial charge in [0.1, 0.15) is 5.58 Å². The predicted molar refractivity (Wildman–Crippen MR) is 80.3 cm³/mol.